The number of halogens is 2. The van der Waals surface area contributed by atoms with E-state index in [9.17, 15) is 24.6 Å². The van der Waals surface area contributed by atoms with Crippen molar-refractivity contribution in [3.05, 3.63) is 23.8 Å². The third-order valence-corrected chi connectivity index (χ3v) is 10.2. The molecule has 0 spiro atoms. The molecule has 0 heterocycles. The van der Waals surface area contributed by atoms with Gasteiger partial charge in [0, 0.05) is 23.2 Å². The molecule has 182 valence electrons. The summed E-state index contributed by atoms with van der Waals surface area (Å²) in [7, 11) is 0. The Bertz CT molecular complexity index is 963. The number of carbonyl (C=O) groups excluding carboxylic acids is 3. The third-order valence-electron chi connectivity index (χ3n) is 9.29. The maximum absolute atomic E-state index is 15.6. The van der Waals surface area contributed by atoms with Crippen LogP contribution in [0.25, 0.3) is 0 Å². The maximum Gasteiger partial charge on any atom is 0.306 e. The largest absolute Gasteiger partial charge is 0.450 e. The van der Waals surface area contributed by atoms with E-state index in [2.05, 4.69) is 0 Å². The number of alkyl halides is 2. The first-order chi connectivity index (χ1) is 15.3. The van der Waals surface area contributed by atoms with E-state index in [0.29, 0.717) is 6.42 Å². The average molecular weight is 483 g/mol. The quantitative estimate of drug-likeness (QED) is 0.471. The van der Waals surface area contributed by atoms with E-state index in [-0.39, 0.29) is 36.5 Å². The minimum absolute atomic E-state index is 0.0127. The summed E-state index contributed by atoms with van der Waals surface area (Å²) in [6, 6.07) is 0. The third kappa shape index (κ3) is 2.88. The molecular formula is C25H32ClFO6. The normalized spacial score (nSPS) is 48.4. The highest BCUT2D eigenvalue weighted by Crippen LogP contribution is 2.72. The number of rotatable bonds is 4. The van der Waals surface area contributed by atoms with Crippen molar-refractivity contribution in [3.63, 3.8) is 0 Å². The zero-order valence-corrected chi connectivity index (χ0v) is 20.2. The smallest absolute Gasteiger partial charge is 0.306 e. The van der Waals surface area contributed by atoms with Crippen LogP contribution in [-0.2, 0) is 19.1 Å². The minimum atomic E-state index is -1.64. The van der Waals surface area contributed by atoms with Crippen LogP contribution in [0, 0.1) is 28.6 Å². The van der Waals surface area contributed by atoms with Gasteiger partial charge in [-0.3, -0.25) is 14.4 Å². The van der Waals surface area contributed by atoms with E-state index in [1.54, 1.807) is 33.8 Å². The fraction of sp³-hybridized carbons (Fsp3) is 0.720. The Balaban J connectivity index is 1.88. The molecule has 3 fully saturated rings. The summed E-state index contributed by atoms with van der Waals surface area (Å²) in [6.07, 6.45) is 2.13. The molecule has 0 aromatic rings. The minimum Gasteiger partial charge on any atom is -0.450 e. The summed E-state index contributed by atoms with van der Waals surface area (Å²) in [6.45, 7) is 6.15. The van der Waals surface area contributed by atoms with Crippen LogP contribution in [-0.4, -0.2) is 57.1 Å². The first-order valence-corrected chi connectivity index (χ1v) is 12.0. The molecule has 33 heavy (non-hydrogen) atoms. The molecule has 8 heteroatoms. The zero-order chi connectivity index (χ0) is 24.6. The maximum atomic E-state index is 15.6. The van der Waals surface area contributed by atoms with Gasteiger partial charge in [0.15, 0.2) is 11.4 Å². The molecule has 3 saturated carbocycles. The van der Waals surface area contributed by atoms with Gasteiger partial charge in [0.05, 0.1) is 11.0 Å². The Morgan fingerprint density at radius 3 is 2.55 bits per heavy atom. The van der Waals surface area contributed by atoms with Crippen LogP contribution >= 0.6 is 11.6 Å². The van der Waals surface area contributed by atoms with Crippen molar-refractivity contribution in [2.24, 2.45) is 28.6 Å². The molecule has 9 unspecified atom stereocenters. The number of aliphatic hydroxyl groups excluding tert-OH is 2. The summed E-state index contributed by atoms with van der Waals surface area (Å²) < 4.78 is 21.4. The number of hydrogen-bond acceptors (Lipinski definition) is 6. The van der Waals surface area contributed by atoms with E-state index in [1.807, 2.05) is 0 Å². The number of ether oxygens (including phenoxy) is 1. The molecular weight excluding hydrogens is 451 g/mol. The second-order valence-electron chi connectivity index (χ2n) is 10.6. The molecule has 0 bridgehead atoms. The number of fused-ring (bicyclic) bond motifs is 5. The van der Waals surface area contributed by atoms with Crippen LogP contribution in [0.15, 0.2) is 23.8 Å². The first kappa shape index (κ1) is 24.6. The van der Waals surface area contributed by atoms with Crippen LogP contribution < -0.4 is 0 Å². The Morgan fingerprint density at radius 1 is 1.27 bits per heavy atom. The molecule has 0 saturated heterocycles. The second kappa shape index (κ2) is 7.72. The predicted molar refractivity (Wildman–Crippen MR) is 119 cm³/mol. The Hall–Kier alpha value is -1.57. The highest BCUT2D eigenvalue weighted by atomic mass is 35.5. The summed E-state index contributed by atoms with van der Waals surface area (Å²) in [5, 5.41) is 21.4. The molecule has 4 aliphatic carbocycles. The number of esters is 1. The van der Waals surface area contributed by atoms with Gasteiger partial charge in [-0.15, -0.1) is 11.6 Å². The van der Waals surface area contributed by atoms with Gasteiger partial charge < -0.3 is 14.9 Å². The monoisotopic (exact) mass is 482 g/mol. The first-order valence-electron chi connectivity index (χ1n) is 11.7. The number of hydrogen-bond donors (Lipinski definition) is 2. The van der Waals surface area contributed by atoms with Crippen molar-refractivity contribution in [3.8, 4) is 0 Å². The highest BCUT2D eigenvalue weighted by molar-refractivity contribution is 6.26. The summed E-state index contributed by atoms with van der Waals surface area (Å²) in [4.78, 5) is 36.4. The lowest BCUT2D eigenvalue weighted by Gasteiger charge is -2.64. The Kier molecular flexibility index (Phi) is 5.74. The van der Waals surface area contributed by atoms with Gasteiger partial charge in [-0.05, 0) is 48.8 Å². The van der Waals surface area contributed by atoms with Crippen molar-refractivity contribution in [1.29, 1.82) is 0 Å². The van der Waals surface area contributed by atoms with Crippen LogP contribution in [0.1, 0.15) is 53.4 Å². The molecule has 0 aliphatic heterocycles. The number of Topliss-reactive ketones (excluding diaryl/α,β-unsaturated/α-hetero) is 1. The van der Waals surface area contributed by atoms with Crippen molar-refractivity contribution >= 4 is 29.1 Å². The van der Waals surface area contributed by atoms with Crippen molar-refractivity contribution in [2.75, 3.05) is 6.61 Å². The molecule has 0 amide bonds. The molecule has 2 N–H and O–H groups in total. The highest BCUT2D eigenvalue weighted by Gasteiger charge is 2.77. The van der Waals surface area contributed by atoms with Gasteiger partial charge in [-0.25, -0.2) is 4.39 Å². The Morgan fingerprint density at radius 2 is 1.94 bits per heavy atom. The second-order valence-corrected chi connectivity index (χ2v) is 11.3. The number of aliphatic hydroxyl groups is 2. The summed E-state index contributed by atoms with van der Waals surface area (Å²) >= 11 is 7.31. The number of ketones is 2. The molecule has 4 aliphatic rings. The molecule has 0 radical (unpaired) electrons. The Labute approximate surface area is 198 Å². The summed E-state index contributed by atoms with van der Waals surface area (Å²) in [5.41, 5.74) is -3.52. The van der Waals surface area contributed by atoms with Crippen molar-refractivity contribution in [1.82, 2.24) is 0 Å². The fourth-order valence-electron chi connectivity index (χ4n) is 7.76. The zero-order valence-electron chi connectivity index (χ0n) is 19.4. The summed E-state index contributed by atoms with van der Waals surface area (Å²) in [5.74, 6) is -2.86. The standard InChI is InChI=1S/C25H32ClFO6/c1-5-21(32)33-25(20(31)12-28)13(2)8-15-16-10-18(27)17-9-14(29)6-7-22(17,3)24(16,26)19(30)11-23(15,25)4/h6-7,9,13,15-16,18-19,28,30H,5,8,10-12H2,1-4H3. The predicted octanol–water partition coefficient (Wildman–Crippen LogP) is 3.07. The van der Waals surface area contributed by atoms with Crippen molar-refractivity contribution < 1.29 is 33.7 Å². The molecule has 4 rings (SSSR count). The van der Waals surface area contributed by atoms with E-state index in [4.69, 9.17) is 16.3 Å². The van der Waals surface area contributed by atoms with Crippen LogP contribution in [0.4, 0.5) is 4.39 Å². The van der Waals surface area contributed by atoms with E-state index >= 15 is 4.39 Å². The lowest BCUT2D eigenvalue weighted by Crippen LogP contribution is -2.70. The molecule has 0 aromatic heterocycles. The lowest BCUT2D eigenvalue weighted by atomic mass is 9.45. The van der Waals surface area contributed by atoms with E-state index < -0.39 is 63.8 Å². The fourth-order valence-corrected chi connectivity index (χ4v) is 8.25. The van der Waals surface area contributed by atoms with Gasteiger partial charge in [0.25, 0.3) is 0 Å². The number of allylic oxidation sites excluding steroid dienone is 4. The van der Waals surface area contributed by atoms with Gasteiger partial charge >= 0.3 is 5.97 Å². The SMILES string of the molecule is CCC(=O)OC1(C(=O)CO)C(C)CC2C3CC(F)C4=CC(=O)C=CC4(C)C3(Cl)C(O)CC21C. The molecule has 9 atom stereocenters. The van der Waals surface area contributed by atoms with E-state index in [0.717, 1.165) is 0 Å². The lowest BCUT2D eigenvalue weighted by molar-refractivity contribution is -0.203. The average Bonchev–Trinajstić information content (AvgIpc) is 2.98. The topological polar surface area (TPSA) is 101 Å². The molecule has 0 aromatic carbocycles. The number of carbonyl (C=O) groups is 3. The van der Waals surface area contributed by atoms with Crippen molar-refractivity contribution in [2.45, 2.75) is 76.1 Å². The van der Waals surface area contributed by atoms with Crippen LogP contribution in [0.3, 0.4) is 0 Å². The van der Waals surface area contributed by atoms with Gasteiger partial charge in [-0.1, -0.05) is 33.8 Å². The van der Waals surface area contributed by atoms with E-state index in [1.165, 1.54) is 12.2 Å². The van der Waals surface area contributed by atoms with Gasteiger partial charge in [-0.2, -0.15) is 0 Å². The van der Waals surface area contributed by atoms with Crippen LogP contribution in [0.2, 0.25) is 0 Å². The van der Waals surface area contributed by atoms with Gasteiger partial charge in [0.1, 0.15) is 12.8 Å². The van der Waals surface area contributed by atoms with Gasteiger partial charge in [0.2, 0.25) is 5.78 Å². The molecule has 6 nitrogen and oxygen atoms in total. The van der Waals surface area contributed by atoms with Crippen LogP contribution in [0.5, 0.6) is 0 Å².